The van der Waals surface area contributed by atoms with Gasteiger partial charge in [-0.1, -0.05) is 134 Å². The molecule has 0 saturated heterocycles. The monoisotopic (exact) mass is 904 g/mol. The third kappa shape index (κ3) is 12.1. The van der Waals surface area contributed by atoms with Gasteiger partial charge in [-0.05, 0) is 91.4 Å². The molecule has 0 saturated carbocycles. The van der Waals surface area contributed by atoms with Gasteiger partial charge in [-0.15, -0.1) is 0 Å². The summed E-state index contributed by atoms with van der Waals surface area (Å²) in [4.78, 5) is 34.9. The molecule has 4 N–H and O–H groups in total. The number of hydrogen-bond acceptors (Lipinski definition) is 8. The number of carbonyl (C=O) groups excluding carboxylic acids is 2. The minimum Gasteiger partial charge on any atom is -0.325 e. The van der Waals surface area contributed by atoms with Gasteiger partial charge < -0.3 is 10.6 Å². The number of aryl methyl sites for hydroxylation is 2. The van der Waals surface area contributed by atoms with Gasteiger partial charge in [0.25, 0.3) is 0 Å². The van der Waals surface area contributed by atoms with Crippen LogP contribution in [0.3, 0.4) is 0 Å². The van der Waals surface area contributed by atoms with Crippen LogP contribution >= 0.6 is 0 Å². The topological polar surface area (TPSA) is 176 Å². The molecule has 0 aliphatic heterocycles. The number of rotatable bonds is 15. The fourth-order valence-corrected chi connectivity index (χ4v) is 9.83. The number of para-hydroxylation sites is 2. The van der Waals surface area contributed by atoms with Crippen molar-refractivity contribution in [2.75, 3.05) is 10.6 Å². The lowest BCUT2D eigenvalue weighted by molar-refractivity contribution is -0.118. The van der Waals surface area contributed by atoms with E-state index >= 15 is 0 Å². The summed E-state index contributed by atoms with van der Waals surface area (Å²) in [5.74, 6) is -0.866. The molecule has 330 valence electrons. The number of amides is 2. The van der Waals surface area contributed by atoms with Crippen LogP contribution in [0, 0.1) is 6.92 Å². The first kappa shape index (κ1) is 45.9. The zero-order valence-electron chi connectivity index (χ0n) is 35.8. The molecule has 2 amide bonds. The highest BCUT2D eigenvalue weighted by molar-refractivity contribution is 7.90. The maximum absolute atomic E-state index is 13.4. The van der Waals surface area contributed by atoms with Gasteiger partial charge in [0.05, 0.1) is 11.0 Å². The number of carbonyl (C=O) groups is 2. The number of nitrogens with one attached hydrogen (secondary N) is 4. The van der Waals surface area contributed by atoms with Crippen LogP contribution in [0.15, 0.2) is 192 Å². The molecule has 2 atom stereocenters. The summed E-state index contributed by atoms with van der Waals surface area (Å²) in [6.45, 7) is 4.01. The van der Waals surface area contributed by atoms with E-state index in [-0.39, 0.29) is 22.6 Å². The van der Waals surface area contributed by atoms with E-state index in [1.807, 2.05) is 104 Å². The van der Waals surface area contributed by atoms with Crippen LogP contribution in [0.5, 0.6) is 0 Å². The molecular weight excluding hydrogens is 857 g/mol. The Balaban J connectivity index is 0.000000194. The van der Waals surface area contributed by atoms with Gasteiger partial charge in [-0.25, -0.2) is 16.8 Å². The molecule has 2 aromatic heterocycles. The Labute approximate surface area is 379 Å². The van der Waals surface area contributed by atoms with Gasteiger partial charge in [-0.2, -0.15) is 9.44 Å². The Bertz CT molecular complexity index is 3110. The second-order valence-corrected chi connectivity index (χ2v) is 18.6. The number of hydrogen-bond donors (Lipinski definition) is 4. The van der Waals surface area contributed by atoms with Gasteiger partial charge in [0, 0.05) is 34.5 Å². The van der Waals surface area contributed by atoms with E-state index in [1.54, 1.807) is 73.1 Å². The van der Waals surface area contributed by atoms with Gasteiger partial charge in [-0.3, -0.25) is 19.6 Å². The van der Waals surface area contributed by atoms with E-state index in [9.17, 15) is 26.4 Å². The average Bonchev–Trinajstić information content (AvgIpc) is 3.32. The minimum atomic E-state index is -4.03. The summed E-state index contributed by atoms with van der Waals surface area (Å²) in [7, 11) is -8.05. The van der Waals surface area contributed by atoms with E-state index in [2.05, 4.69) is 37.0 Å². The van der Waals surface area contributed by atoms with Crippen LogP contribution in [-0.4, -0.2) is 50.7 Å². The molecule has 14 heteroatoms. The van der Waals surface area contributed by atoms with E-state index < -0.39 is 43.9 Å². The first-order valence-electron chi connectivity index (χ1n) is 21.0. The second-order valence-electron chi connectivity index (χ2n) is 15.3. The summed E-state index contributed by atoms with van der Waals surface area (Å²) >= 11 is 0. The second kappa shape index (κ2) is 21.1. The van der Waals surface area contributed by atoms with E-state index in [0.29, 0.717) is 33.2 Å². The lowest BCUT2D eigenvalue weighted by Crippen LogP contribution is -2.45. The molecule has 0 bridgehead atoms. The number of aromatic nitrogens is 2. The lowest BCUT2D eigenvalue weighted by Gasteiger charge is -2.19. The maximum atomic E-state index is 13.4. The van der Waals surface area contributed by atoms with Crippen molar-refractivity contribution in [3.63, 3.8) is 0 Å². The van der Waals surface area contributed by atoms with Crippen molar-refractivity contribution < 1.29 is 26.4 Å². The third-order valence-corrected chi connectivity index (χ3v) is 13.5. The number of sulfonamides is 2. The molecule has 0 fully saturated rings. The fourth-order valence-electron chi connectivity index (χ4n) is 7.08. The third-order valence-electron chi connectivity index (χ3n) is 10.5. The predicted molar refractivity (Wildman–Crippen MR) is 256 cm³/mol. The Hall–Kier alpha value is -7.10. The van der Waals surface area contributed by atoms with Crippen molar-refractivity contribution in [1.29, 1.82) is 0 Å². The largest absolute Gasteiger partial charge is 0.325 e. The van der Waals surface area contributed by atoms with Crippen LogP contribution in [0.25, 0.3) is 21.8 Å². The predicted octanol–water partition coefficient (Wildman–Crippen LogP) is 8.40. The Morgan fingerprint density at radius 1 is 0.477 bits per heavy atom. The first-order valence-corrected chi connectivity index (χ1v) is 23.9. The average molecular weight is 905 g/mol. The summed E-state index contributed by atoms with van der Waals surface area (Å²) in [5.41, 5.74) is 5.84. The number of benzene rings is 6. The quantitative estimate of drug-likeness (QED) is 0.0793. The number of nitrogens with zero attached hydrogens (tertiary/aromatic N) is 2. The Kier molecular flexibility index (Phi) is 14.9. The van der Waals surface area contributed by atoms with E-state index in [4.69, 9.17) is 0 Å². The van der Waals surface area contributed by atoms with Crippen LogP contribution in [0.2, 0.25) is 0 Å². The highest BCUT2D eigenvalue weighted by atomic mass is 32.2. The SMILES string of the molecule is CCc1ccc(NC(=O)C(Cc2ccccc2)NS(=O)(=O)c2cccc3cccnc23)cc1.Cc1ccc(NC(=O)C(Cc2ccccc2)NS(=O)(=O)c2cccc3cccnc23)cc1. The molecule has 12 nitrogen and oxygen atoms in total. The van der Waals surface area contributed by atoms with E-state index in [0.717, 1.165) is 28.7 Å². The smallest absolute Gasteiger partial charge is 0.243 e. The number of pyridine rings is 2. The van der Waals surface area contributed by atoms with Crippen molar-refractivity contribution in [2.24, 2.45) is 0 Å². The molecule has 0 spiro atoms. The number of fused-ring (bicyclic) bond motifs is 2. The van der Waals surface area contributed by atoms with Crippen molar-refractivity contribution in [2.45, 2.75) is 55.0 Å². The highest BCUT2D eigenvalue weighted by Gasteiger charge is 2.29. The zero-order valence-corrected chi connectivity index (χ0v) is 37.4. The van der Waals surface area contributed by atoms with Crippen LogP contribution in [0.4, 0.5) is 11.4 Å². The molecule has 65 heavy (non-hydrogen) atoms. The summed E-state index contributed by atoms with van der Waals surface area (Å²) < 4.78 is 58.6. The zero-order chi connectivity index (χ0) is 45.8. The van der Waals surface area contributed by atoms with Crippen molar-refractivity contribution in [3.05, 3.63) is 205 Å². The van der Waals surface area contributed by atoms with Crippen LogP contribution in [0.1, 0.15) is 29.2 Å². The van der Waals surface area contributed by atoms with Crippen molar-refractivity contribution in [1.82, 2.24) is 19.4 Å². The van der Waals surface area contributed by atoms with Gasteiger partial charge in [0.2, 0.25) is 31.9 Å². The fraction of sp³-hybridized carbons (Fsp3) is 0.137. The maximum Gasteiger partial charge on any atom is 0.243 e. The highest BCUT2D eigenvalue weighted by Crippen LogP contribution is 2.23. The molecule has 0 aliphatic rings. The Morgan fingerprint density at radius 2 is 0.877 bits per heavy atom. The molecule has 8 rings (SSSR count). The standard InChI is InChI=1S/C26H25N3O3S.C25H23N3O3S/c1-2-19-13-15-22(16-14-19)28-26(30)23(18-20-8-4-3-5-9-20)29-33(31,32)24-12-6-10-21-11-7-17-27-25(21)24;1-18-12-14-21(15-13-18)27-25(29)22(17-19-7-3-2-4-8-19)28-32(30,31)23-11-5-9-20-10-6-16-26-24(20)23/h3-17,23,29H,2,18H2,1H3,(H,28,30);2-16,22,28H,17H2,1H3,(H,27,29). The van der Waals surface area contributed by atoms with Crippen molar-refractivity contribution in [3.8, 4) is 0 Å². The summed E-state index contributed by atoms with van der Waals surface area (Å²) in [5, 5.41) is 7.08. The summed E-state index contributed by atoms with van der Waals surface area (Å²) in [6, 6.07) is 48.5. The van der Waals surface area contributed by atoms with Gasteiger partial charge >= 0.3 is 0 Å². The lowest BCUT2D eigenvalue weighted by atomic mass is 10.1. The van der Waals surface area contributed by atoms with E-state index in [1.165, 1.54) is 12.1 Å². The summed E-state index contributed by atoms with van der Waals surface area (Å²) in [6.07, 6.45) is 4.40. The van der Waals surface area contributed by atoms with Crippen molar-refractivity contribution >= 4 is 65.0 Å². The van der Waals surface area contributed by atoms with Gasteiger partial charge in [0.15, 0.2) is 0 Å². The van der Waals surface area contributed by atoms with Gasteiger partial charge in [0.1, 0.15) is 21.9 Å². The van der Waals surface area contributed by atoms with Crippen LogP contribution in [-0.2, 0) is 48.9 Å². The number of anilines is 2. The Morgan fingerprint density at radius 3 is 1.29 bits per heavy atom. The molecule has 2 heterocycles. The first-order chi connectivity index (χ1) is 31.4. The minimum absolute atomic E-state index is 0.0387. The molecule has 0 aliphatic carbocycles. The molecule has 0 radical (unpaired) electrons. The molecule has 8 aromatic rings. The molecule has 2 unspecified atom stereocenters. The molecule has 6 aromatic carbocycles. The normalized spacial score (nSPS) is 12.4. The molecular formula is C51H48N6O6S2. The van der Waals surface area contributed by atoms with Crippen LogP contribution < -0.4 is 20.1 Å².